The van der Waals surface area contributed by atoms with Gasteiger partial charge < -0.3 is 9.47 Å². The molecule has 1 aromatic heterocycles. The molecular weight excluding hydrogens is 382 g/mol. The van der Waals surface area contributed by atoms with Gasteiger partial charge in [0.1, 0.15) is 11.8 Å². The van der Waals surface area contributed by atoms with E-state index in [-0.39, 0.29) is 23.9 Å². The van der Waals surface area contributed by atoms with E-state index in [0.717, 1.165) is 5.56 Å². The molecule has 0 aliphatic carbocycles. The fraction of sp³-hybridized carbons (Fsp3) is 0.0556. The molecule has 1 aliphatic rings. The topological polar surface area (TPSA) is 123 Å². The van der Waals surface area contributed by atoms with Gasteiger partial charge in [-0.1, -0.05) is 12.1 Å². The molecule has 0 radical (unpaired) electrons. The van der Waals surface area contributed by atoms with Crippen LogP contribution in [0.2, 0.25) is 0 Å². The molecule has 10 heteroatoms. The Hall–Kier alpha value is -3.97. The molecule has 3 aromatic rings. The number of hydrogen-bond donors (Lipinski definition) is 1. The number of ether oxygens (including phenoxy) is 2. The van der Waals surface area contributed by atoms with Crippen LogP contribution < -0.4 is 14.9 Å². The second-order valence-electron chi connectivity index (χ2n) is 5.56. The van der Waals surface area contributed by atoms with E-state index in [1.165, 1.54) is 23.5 Å². The number of thiazole rings is 1. The number of nitro groups is 1. The first-order valence-corrected chi connectivity index (χ1v) is 8.87. The van der Waals surface area contributed by atoms with E-state index in [9.17, 15) is 15.4 Å². The molecule has 2 aromatic carbocycles. The van der Waals surface area contributed by atoms with Gasteiger partial charge >= 0.3 is 0 Å². The lowest BCUT2D eigenvalue weighted by molar-refractivity contribution is -0.384. The van der Waals surface area contributed by atoms with Crippen LogP contribution in [-0.4, -0.2) is 22.4 Å². The van der Waals surface area contributed by atoms with Crippen LogP contribution in [0.25, 0.3) is 11.3 Å². The summed E-state index contributed by atoms with van der Waals surface area (Å²) in [5, 5.41) is 26.7. The Morgan fingerprint density at radius 1 is 1.29 bits per heavy atom. The predicted molar refractivity (Wildman–Crippen MR) is 103 cm³/mol. The van der Waals surface area contributed by atoms with Gasteiger partial charge in [-0.05, 0) is 24.3 Å². The Balaban J connectivity index is 1.59. The fourth-order valence-corrected chi connectivity index (χ4v) is 3.30. The molecule has 0 atom stereocenters. The van der Waals surface area contributed by atoms with Gasteiger partial charge in [-0.25, -0.2) is 4.98 Å². The van der Waals surface area contributed by atoms with Crippen LogP contribution in [-0.2, 0) is 0 Å². The number of hydrogen-bond acceptors (Lipinski definition) is 9. The maximum Gasteiger partial charge on any atom is 0.294 e. The Morgan fingerprint density at radius 2 is 2.11 bits per heavy atom. The van der Waals surface area contributed by atoms with E-state index in [1.54, 1.807) is 23.6 Å². The number of para-hydroxylation sites is 2. The van der Waals surface area contributed by atoms with Gasteiger partial charge in [-0.15, -0.1) is 11.3 Å². The zero-order valence-corrected chi connectivity index (χ0v) is 15.0. The molecule has 0 saturated heterocycles. The van der Waals surface area contributed by atoms with E-state index in [2.05, 4.69) is 15.5 Å². The molecule has 1 N–H and O–H groups in total. The molecular formula is C18H11N5O4S. The Bertz CT molecular complexity index is 1130. The highest BCUT2D eigenvalue weighted by Crippen LogP contribution is 2.36. The minimum atomic E-state index is -0.523. The number of nitrogens with zero attached hydrogens (tertiary/aromatic N) is 4. The summed E-state index contributed by atoms with van der Waals surface area (Å²) >= 11 is 1.25. The van der Waals surface area contributed by atoms with Crippen LogP contribution in [0.15, 0.2) is 52.9 Å². The molecule has 138 valence electrons. The van der Waals surface area contributed by atoms with E-state index in [1.807, 2.05) is 18.2 Å². The molecule has 0 bridgehead atoms. The standard InChI is InChI=1S/C18H11N5O4S/c19-8-13(22-21-12-3-1-2-4-15(12)23(24)25)18-20-14(9-28-18)11-5-6-16-17(7-11)27-10-26-16/h1-7,9,21H,10H2/b22-13-. The van der Waals surface area contributed by atoms with Crippen LogP contribution in [0, 0.1) is 21.4 Å². The SMILES string of the molecule is N#C/C(=N/Nc1ccccc1[N+](=O)[O-])c1nc(-c2ccc3c(c2)OCO3)cs1. The zero-order chi connectivity index (χ0) is 19.5. The summed E-state index contributed by atoms with van der Waals surface area (Å²) < 4.78 is 10.7. The quantitative estimate of drug-likeness (QED) is 0.397. The van der Waals surface area contributed by atoms with E-state index in [4.69, 9.17) is 9.47 Å². The molecule has 2 heterocycles. The third kappa shape index (κ3) is 3.34. The monoisotopic (exact) mass is 393 g/mol. The molecule has 1 aliphatic heterocycles. The normalized spacial score (nSPS) is 12.5. The van der Waals surface area contributed by atoms with Crippen molar-refractivity contribution in [1.29, 1.82) is 5.26 Å². The minimum Gasteiger partial charge on any atom is -0.454 e. The lowest BCUT2D eigenvalue weighted by Crippen LogP contribution is -2.03. The molecule has 0 saturated carbocycles. The highest BCUT2D eigenvalue weighted by molar-refractivity contribution is 7.12. The first kappa shape index (κ1) is 17.4. The number of nitrogens with one attached hydrogen (secondary N) is 1. The summed E-state index contributed by atoms with van der Waals surface area (Å²) in [6.45, 7) is 0.184. The van der Waals surface area contributed by atoms with Crippen molar-refractivity contribution in [3.05, 3.63) is 63.0 Å². The molecule has 28 heavy (non-hydrogen) atoms. The van der Waals surface area contributed by atoms with Crippen LogP contribution >= 0.6 is 11.3 Å². The highest BCUT2D eigenvalue weighted by atomic mass is 32.1. The van der Waals surface area contributed by atoms with Crippen molar-refractivity contribution in [1.82, 2.24) is 4.98 Å². The molecule has 0 amide bonds. The third-order valence-electron chi connectivity index (χ3n) is 3.87. The van der Waals surface area contributed by atoms with Crippen molar-refractivity contribution in [2.45, 2.75) is 0 Å². The summed E-state index contributed by atoms with van der Waals surface area (Å²) in [6, 6.07) is 13.5. The van der Waals surface area contributed by atoms with Crippen molar-refractivity contribution < 1.29 is 14.4 Å². The second-order valence-corrected chi connectivity index (χ2v) is 6.42. The number of nitriles is 1. The summed E-state index contributed by atoms with van der Waals surface area (Å²) in [6.07, 6.45) is 0. The Morgan fingerprint density at radius 3 is 2.93 bits per heavy atom. The van der Waals surface area contributed by atoms with Gasteiger partial charge in [0.25, 0.3) is 5.69 Å². The van der Waals surface area contributed by atoms with Crippen LogP contribution in [0.4, 0.5) is 11.4 Å². The summed E-state index contributed by atoms with van der Waals surface area (Å²) in [7, 11) is 0. The van der Waals surface area contributed by atoms with Gasteiger partial charge in [0.05, 0.1) is 10.6 Å². The van der Waals surface area contributed by atoms with Gasteiger partial charge in [-0.2, -0.15) is 10.4 Å². The number of benzene rings is 2. The summed E-state index contributed by atoms with van der Waals surface area (Å²) in [5.41, 5.74) is 4.13. The number of aromatic nitrogens is 1. The van der Waals surface area contributed by atoms with Crippen molar-refractivity contribution in [3.63, 3.8) is 0 Å². The summed E-state index contributed by atoms with van der Waals surface area (Å²) in [5.74, 6) is 1.31. The predicted octanol–water partition coefficient (Wildman–Crippen LogP) is 3.79. The number of nitro benzene ring substituents is 1. The van der Waals surface area contributed by atoms with Crippen molar-refractivity contribution in [2.24, 2.45) is 5.10 Å². The average molecular weight is 393 g/mol. The second kappa shape index (κ2) is 7.34. The maximum absolute atomic E-state index is 11.1. The van der Waals surface area contributed by atoms with Gasteiger partial charge in [-0.3, -0.25) is 15.5 Å². The lowest BCUT2D eigenvalue weighted by atomic mass is 10.1. The summed E-state index contributed by atoms with van der Waals surface area (Å²) in [4.78, 5) is 15.0. The molecule has 0 unspecified atom stereocenters. The Kier molecular flexibility index (Phi) is 4.57. The van der Waals surface area contributed by atoms with Gasteiger partial charge in [0.15, 0.2) is 22.2 Å². The average Bonchev–Trinajstić information content (AvgIpc) is 3.37. The van der Waals surface area contributed by atoms with Gasteiger partial charge in [0.2, 0.25) is 6.79 Å². The van der Waals surface area contributed by atoms with Crippen LogP contribution in [0.5, 0.6) is 11.5 Å². The lowest BCUT2D eigenvalue weighted by Gasteiger charge is -2.02. The van der Waals surface area contributed by atoms with Crippen molar-refractivity contribution in [2.75, 3.05) is 12.2 Å². The van der Waals surface area contributed by atoms with Crippen LogP contribution in [0.3, 0.4) is 0 Å². The first-order chi connectivity index (χ1) is 13.7. The largest absolute Gasteiger partial charge is 0.454 e. The van der Waals surface area contributed by atoms with Crippen LogP contribution in [0.1, 0.15) is 5.01 Å². The van der Waals surface area contributed by atoms with E-state index >= 15 is 0 Å². The first-order valence-electron chi connectivity index (χ1n) is 7.99. The molecule has 0 fully saturated rings. The highest BCUT2D eigenvalue weighted by Gasteiger charge is 2.17. The minimum absolute atomic E-state index is 0.0233. The zero-order valence-electron chi connectivity index (χ0n) is 14.2. The third-order valence-corrected chi connectivity index (χ3v) is 4.72. The number of hydrazone groups is 1. The number of anilines is 1. The van der Waals surface area contributed by atoms with Gasteiger partial charge in [0, 0.05) is 17.0 Å². The molecule has 9 nitrogen and oxygen atoms in total. The maximum atomic E-state index is 11.1. The van der Waals surface area contributed by atoms with E-state index < -0.39 is 4.92 Å². The fourth-order valence-electron chi connectivity index (χ4n) is 2.54. The van der Waals surface area contributed by atoms with Crippen molar-refractivity contribution in [3.8, 4) is 28.8 Å². The molecule has 4 rings (SSSR count). The number of fused-ring (bicyclic) bond motifs is 1. The van der Waals surface area contributed by atoms with E-state index in [0.29, 0.717) is 22.2 Å². The smallest absolute Gasteiger partial charge is 0.294 e. The molecule has 0 spiro atoms. The van der Waals surface area contributed by atoms with Crippen molar-refractivity contribution >= 4 is 28.4 Å². The Labute approximate surface area is 162 Å². The number of rotatable bonds is 5.